The Morgan fingerprint density at radius 1 is 0.731 bits per heavy atom. The second kappa shape index (κ2) is 29.5. The summed E-state index contributed by atoms with van der Waals surface area (Å²) in [5, 5.41) is 0. The van der Waals surface area contributed by atoms with Crippen molar-refractivity contribution in [1.29, 1.82) is 0 Å². The molecule has 1 amide bonds. The molecule has 0 rings (SSSR count). The van der Waals surface area contributed by atoms with Gasteiger partial charge >= 0.3 is 0 Å². The molecule has 0 aromatic carbocycles. The number of nitrogens with zero attached hydrogens (tertiary/aromatic N) is 1. The van der Waals surface area contributed by atoms with Crippen molar-refractivity contribution in [2.75, 3.05) is 21.1 Å². The molecule has 0 saturated carbocycles. The molecule has 0 aliphatic rings. The lowest BCUT2D eigenvalue weighted by molar-refractivity contribution is -0.118. The Kier molecular flexibility index (Phi) is 37.8. The first-order valence-corrected chi connectivity index (χ1v) is 10.0. The SMILES string of the molecule is CCCCCCCC/C=C\CCCCCCCC(N)=O.CN(C)C.Cl.Cl. The Morgan fingerprint density at radius 3 is 1.46 bits per heavy atom. The summed E-state index contributed by atoms with van der Waals surface area (Å²) in [5.41, 5.74) is 5.10. The molecule has 0 spiro atoms. The largest absolute Gasteiger partial charge is 0.370 e. The first-order valence-electron chi connectivity index (χ1n) is 10.0. The minimum atomic E-state index is -0.164. The zero-order valence-electron chi connectivity index (χ0n) is 17.8. The summed E-state index contributed by atoms with van der Waals surface area (Å²) >= 11 is 0. The topological polar surface area (TPSA) is 46.3 Å². The monoisotopic (exact) mass is 412 g/mol. The third kappa shape index (κ3) is 43.8. The average molecular weight is 414 g/mol. The number of hydrogen-bond acceptors (Lipinski definition) is 2. The number of rotatable bonds is 15. The lowest BCUT2D eigenvalue weighted by Gasteiger charge is -1.99. The second-order valence-corrected chi connectivity index (χ2v) is 7.14. The van der Waals surface area contributed by atoms with E-state index in [0.717, 1.165) is 12.8 Å². The normalized spacial score (nSPS) is 10.0. The third-order valence-electron chi connectivity index (χ3n) is 3.68. The van der Waals surface area contributed by atoms with E-state index in [9.17, 15) is 4.79 Å². The van der Waals surface area contributed by atoms with Gasteiger partial charge in [0.15, 0.2) is 0 Å². The van der Waals surface area contributed by atoms with Gasteiger partial charge in [-0.3, -0.25) is 4.79 Å². The summed E-state index contributed by atoms with van der Waals surface area (Å²) in [5.74, 6) is -0.164. The number of allylic oxidation sites excluding steroid dienone is 2. The maximum Gasteiger partial charge on any atom is 0.217 e. The van der Waals surface area contributed by atoms with Crippen molar-refractivity contribution in [3.05, 3.63) is 12.2 Å². The summed E-state index contributed by atoms with van der Waals surface area (Å²) < 4.78 is 0. The smallest absolute Gasteiger partial charge is 0.217 e. The minimum Gasteiger partial charge on any atom is -0.370 e. The molecule has 5 heteroatoms. The number of hydrogen-bond donors (Lipinski definition) is 1. The van der Waals surface area contributed by atoms with Crippen molar-refractivity contribution in [3.63, 3.8) is 0 Å². The fourth-order valence-corrected chi connectivity index (χ4v) is 2.37. The molecule has 0 atom stereocenters. The fourth-order valence-electron chi connectivity index (χ4n) is 2.37. The first kappa shape index (κ1) is 33.3. The van der Waals surface area contributed by atoms with Gasteiger partial charge in [0.05, 0.1) is 0 Å². The third-order valence-corrected chi connectivity index (χ3v) is 3.68. The number of amides is 1. The van der Waals surface area contributed by atoms with Crippen molar-refractivity contribution in [2.24, 2.45) is 5.73 Å². The standard InChI is InChI=1S/C18H35NO.C3H9N.2ClH/c1-2-3-4-5-6-7-8-9-10-11-12-13-14-15-16-17-18(19)20;1-4(2)3;;/h9-10H,2-8,11-17H2,1H3,(H2,19,20);1-3H3;2*1H/b10-9-;;;. The van der Waals surface area contributed by atoms with Gasteiger partial charge in [0, 0.05) is 6.42 Å². The molecular weight excluding hydrogens is 367 g/mol. The molecule has 0 heterocycles. The van der Waals surface area contributed by atoms with Gasteiger partial charge in [0.25, 0.3) is 0 Å². The summed E-state index contributed by atoms with van der Waals surface area (Å²) in [4.78, 5) is 12.5. The van der Waals surface area contributed by atoms with Gasteiger partial charge in [-0.15, -0.1) is 24.8 Å². The van der Waals surface area contributed by atoms with E-state index in [1.165, 1.54) is 70.6 Å². The molecule has 0 aromatic rings. The van der Waals surface area contributed by atoms with Crippen LogP contribution in [0.5, 0.6) is 0 Å². The molecule has 0 fully saturated rings. The Labute approximate surface area is 176 Å². The fraction of sp³-hybridized carbons (Fsp3) is 0.857. The Hall–Kier alpha value is -0.250. The van der Waals surface area contributed by atoms with E-state index in [-0.39, 0.29) is 30.7 Å². The van der Waals surface area contributed by atoms with Crippen LogP contribution >= 0.6 is 24.8 Å². The van der Waals surface area contributed by atoms with Crippen molar-refractivity contribution in [3.8, 4) is 0 Å². The van der Waals surface area contributed by atoms with Crippen LogP contribution in [0.15, 0.2) is 12.2 Å². The highest BCUT2D eigenvalue weighted by Gasteiger charge is 1.94. The molecular formula is C21H46Cl2N2O. The lowest BCUT2D eigenvalue weighted by atomic mass is 10.1. The van der Waals surface area contributed by atoms with Crippen molar-refractivity contribution >= 4 is 30.7 Å². The molecule has 0 bridgehead atoms. The van der Waals surface area contributed by atoms with Crippen molar-refractivity contribution in [1.82, 2.24) is 4.90 Å². The van der Waals surface area contributed by atoms with Gasteiger partial charge in [0.1, 0.15) is 0 Å². The summed E-state index contributed by atoms with van der Waals surface area (Å²) in [6, 6.07) is 0. The van der Waals surface area contributed by atoms with Crippen LogP contribution < -0.4 is 5.73 Å². The predicted octanol–water partition coefficient (Wildman–Crippen LogP) is 6.53. The maximum absolute atomic E-state index is 10.5. The Bertz CT molecular complexity index is 282. The molecule has 0 radical (unpaired) electrons. The van der Waals surface area contributed by atoms with Gasteiger partial charge < -0.3 is 10.6 Å². The first-order chi connectivity index (χ1) is 11.5. The zero-order chi connectivity index (χ0) is 18.5. The Morgan fingerprint density at radius 2 is 1.08 bits per heavy atom. The predicted molar refractivity (Wildman–Crippen MR) is 123 cm³/mol. The molecule has 0 aliphatic heterocycles. The van der Waals surface area contributed by atoms with Crippen LogP contribution in [0, 0.1) is 0 Å². The molecule has 160 valence electrons. The molecule has 0 saturated heterocycles. The number of unbranched alkanes of at least 4 members (excludes halogenated alkanes) is 11. The van der Waals surface area contributed by atoms with E-state index in [0.29, 0.717) is 6.42 Å². The van der Waals surface area contributed by atoms with Crippen LogP contribution in [0.3, 0.4) is 0 Å². The average Bonchev–Trinajstić information content (AvgIpc) is 2.50. The van der Waals surface area contributed by atoms with E-state index in [4.69, 9.17) is 5.73 Å². The van der Waals surface area contributed by atoms with Gasteiger partial charge in [-0.2, -0.15) is 0 Å². The number of carbonyl (C=O) groups excluding carboxylic acids is 1. The molecule has 2 N–H and O–H groups in total. The highest BCUT2D eigenvalue weighted by molar-refractivity contribution is 5.85. The highest BCUT2D eigenvalue weighted by atomic mass is 35.5. The van der Waals surface area contributed by atoms with Crippen molar-refractivity contribution < 1.29 is 4.79 Å². The van der Waals surface area contributed by atoms with Crippen LogP contribution in [0.4, 0.5) is 0 Å². The maximum atomic E-state index is 10.5. The van der Waals surface area contributed by atoms with Crippen molar-refractivity contribution in [2.45, 2.75) is 96.8 Å². The number of primary amides is 1. The van der Waals surface area contributed by atoms with Crippen LogP contribution in [0.1, 0.15) is 96.8 Å². The number of halogens is 2. The van der Waals surface area contributed by atoms with Crippen LogP contribution in [0.25, 0.3) is 0 Å². The zero-order valence-corrected chi connectivity index (χ0v) is 19.4. The molecule has 3 nitrogen and oxygen atoms in total. The van der Waals surface area contributed by atoms with Crippen LogP contribution in [-0.2, 0) is 4.79 Å². The minimum absolute atomic E-state index is 0. The Balaban J connectivity index is -0.000000363. The van der Waals surface area contributed by atoms with Crippen LogP contribution in [0.2, 0.25) is 0 Å². The van der Waals surface area contributed by atoms with Gasteiger partial charge in [-0.25, -0.2) is 0 Å². The van der Waals surface area contributed by atoms with E-state index in [1.807, 2.05) is 26.0 Å². The van der Waals surface area contributed by atoms with Gasteiger partial charge in [-0.1, -0.05) is 70.4 Å². The highest BCUT2D eigenvalue weighted by Crippen LogP contribution is 2.09. The quantitative estimate of drug-likeness (QED) is 0.245. The summed E-state index contributed by atoms with van der Waals surface area (Å²) in [6.07, 6.45) is 21.9. The van der Waals surface area contributed by atoms with E-state index in [2.05, 4.69) is 19.1 Å². The second-order valence-electron chi connectivity index (χ2n) is 7.14. The number of carbonyl (C=O) groups is 1. The molecule has 0 aliphatic carbocycles. The van der Waals surface area contributed by atoms with E-state index >= 15 is 0 Å². The van der Waals surface area contributed by atoms with Gasteiger partial charge in [-0.05, 0) is 53.2 Å². The van der Waals surface area contributed by atoms with E-state index < -0.39 is 0 Å². The molecule has 0 unspecified atom stereocenters. The molecule has 26 heavy (non-hydrogen) atoms. The summed E-state index contributed by atoms with van der Waals surface area (Å²) in [7, 11) is 6.00. The van der Waals surface area contributed by atoms with E-state index in [1.54, 1.807) is 0 Å². The lowest BCUT2D eigenvalue weighted by Crippen LogP contribution is -2.09. The van der Waals surface area contributed by atoms with Crippen LogP contribution in [-0.4, -0.2) is 32.0 Å². The molecule has 0 aromatic heterocycles. The summed E-state index contributed by atoms with van der Waals surface area (Å²) in [6.45, 7) is 2.26. The van der Waals surface area contributed by atoms with Gasteiger partial charge in [0.2, 0.25) is 5.91 Å². The number of nitrogens with two attached hydrogens (primary N) is 1.